The number of aromatic nitrogens is 2. The highest BCUT2D eigenvalue weighted by atomic mass is 32.2. The van der Waals surface area contributed by atoms with E-state index >= 15 is 0 Å². The first-order valence-electron chi connectivity index (χ1n) is 9.11. The minimum absolute atomic E-state index is 0.184. The Morgan fingerprint density at radius 2 is 1.84 bits per heavy atom. The molecule has 0 aromatic carbocycles. The van der Waals surface area contributed by atoms with Crippen molar-refractivity contribution in [3.8, 4) is 0 Å². The SMILES string of the molecule is Cc1nc(SCC(=O)N(C(C)C)C(C)C)c2c3c(sc2n1)CCCC3. The molecule has 2 aromatic rings. The molecule has 136 valence electrons. The van der Waals surface area contributed by atoms with Crippen molar-refractivity contribution in [1.82, 2.24) is 14.9 Å². The summed E-state index contributed by atoms with van der Waals surface area (Å²) in [5.41, 5.74) is 1.44. The molecule has 2 heterocycles. The van der Waals surface area contributed by atoms with Gasteiger partial charge in [0, 0.05) is 22.3 Å². The second-order valence-corrected chi connectivity index (χ2v) is 9.29. The highest BCUT2D eigenvalue weighted by Gasteiger charge is 2.23. The third-order valence-electron chi connectivity index (χ3n) is 4.63. The standard InChI is InChI=1S/C19H27N3OS2/c1-11(2)22(12(3)4)16(23)10-24-18-17-14-8-6-7-9-15(14)25-19(17)21-13(5)20-18/h11-12H,6-10H2,1-5H3. The van der Waals surface area contributed by atoms with Gasteiger partial charge in [-0.25, -0.2) is 9.97 Å². The van der Waals surface area contributed by atoms with Crippen LogP contribution in [-0.2, 0) is 17.6 Å². The van der Waals surface area contributed by atoms with Gasteiger partial charge in [0.1, 0.15) is 15.7 Å². The highest BCUT2D eigenvalue weighted by Crippen LogP contribution is 2.39. The van der Waals surface area contributed by atoms with Crippen LogP contribution in [0.3, 0.4) is 0 Å². The lowest BCUT2D eigenvalue weighted by atomic mass is 9.97. The van der Waals surface area contributed by atoms with Crippen molar-refractivity contribution in [2.24, 2.45) is 0 Å². The van der Waals surface area contributed by atoms with E-state index in [-0.39, 0.29) is 18.0 Å². The topological polar surface area (TPSA) is 46.1 Å². The van der Waals surface area contributed by atoms with E-state index in [1.54, 1.807) is 11.8 Å². The number of carbonyl (C=O) groups excluding carboxylic acids is 1. The minimum atomic E-state index is 0.184. The molecule has 1 aliphatic carbocycles. The Morgan fingerprint density at radius 3 is 2.52 bits per heavy atom. The summed E-state index contributed by atoms with van der Waals surface area (Å²) in [6.45, 7) is 10.2. The summed E-state index contributed by atoms with van der Waals surface area (Å²) >= 11 is 3.40. The molecule has 0 unspecified atom stereocenters. The Hall–Kier alpha value is -1.14. The summed E-state index contributed by atoms with van der Waals surface area (Å²) < 4.78 is 0. The molecule has 3 rings (SSSR count). The van der Waals surface area contributed by atoms with Gasteiger partial charge in [-0.1, -0.05) is 11.8 Å². The number of hydrogen-bond acceptors (Lipinski definition) is 5. The van der Waals surface area contributed by atoms with Crippen molar-refractivity contribution >= 4 is 39.2 Å². The van der Waals surface area contributed by atoms with Crippen LogP contribution in [0, 0.1) is 6.92 Å². The quantitative estimate of drug-likeness (QED) is 0.563. The zero-order valence-electron chi connectivity index (χ0n) is 15.8. The lowest BCUT2D eigenvalue weighted by Gasteiger charge is -2.30. The average molecular weight is 378 g/mol. The predicted molar refractivity (Wildman–Crippen MR) is 107 cm³/mol. The van der Waals surface area contributed by atoms with Gasteiger partial charge in [0.2, 0.25) is 5.91 Å². The third-order valence-corrected chi connectivity index (χ3v) is 6.77. The summed E-state index contributed by atoms with van der Waals surface area (Å²) in [5, 5.41) is 2.20. The molecule has 25 heavy (non-hydrogen) atoms. The Kier molecular flexibility index (Phi) is 5.68. The predicted octanol–water partition coefficient (Wildman–Crippen LogP) is 4.62. The number of fused-ring (bicyclic) bond motifs is 3. The largest absolute Gasteiger partial charge is 0.337 e. The second kappa shape index (κ2) is 7.62. The summed E-state index contributed by atoms with van der Waals surface area (Å²) in [6.07, 6.45) is 4.79. The van der Waals surface area contributed by atoms with E-state index in [9.17, 15) is 4.79 Å². The fourth-order valence-electron chi connectivity index (χ4n) is 3.71. The molecule has 2 aromatic heterocycles. The molecular weight excluding hydrogens is 350 g/mol. The van der Waals surface area contributed by atoms with E-state index in [4.69, 9.17) is 4.98 Å². The normalized spacial score (nSPS) is 14.4. The molecule has 0 bridgehead atoms. The number of aryl methyl sites for hydroxylation is 3. The maximum Gasteiger partial charge on any atom is 0.233 e. The van der Waals surface area contributed by atoms with Crippen molar-refractivity contribution in [3.63, 3.8) is 0 Å². The van der Waals surface area contributed by atoms with Gasteiger partial charge in [0.25, 0.3) is 0 Å². The van der Waals surface area contributed by atoms with E-state index in [1.807, 2.05) is 23.2 Å². The van der Waals surface area contributed by atoms with Crippen molar-refractivity contribution in [3.05, 3.63) is 16.3 Å². The number of nitrogens with zero attached hydrogens (tertiary/aromatic N) is 3. The van der Waals surface area contributed by atoms with Gasteiger partial charge in [-0.2, -0.15) is 0 Å². The molecule has 1 amide bonds. The maximum absolute atomic E-state index is 12.7. The van der Waals surface area contributed by atoms with E-state index < -0.39 is 0 Å². The number of carbonyl (C=O) groups is 1. The number of thioether (sulfide) groups is 1. The van der Waals surface area contributed by atoms with Crippen LogP contribution in [0.4, 0.5) is 0 Å². The monoisotopic (exact) mass is 377 g/mol. The van der Waals surface area contributed by atoms with Crippen molar-refractivity contribution < 1.29 is 4.79 Å². The third kappa shape index (κ3) is 3.85. The van der Waals surface area contributed by atoms with Gasteiger partial charge in [-0.05, 0) is 65.9 Å². The molecule has 0 N–H and O–H groups in total. The fourth-order valence-corrected chi connectivity index (χ4v) is 6.05. The molecule has 0 spiro atoms. The number of amides is 1. The van der Waals surface area contributed by atoms with E-state index in [0.29, 0.717) is 5.75 Å². The average Bonchev–Trinajstić information content (AvgIpc) is 2.89. The zero-order valence-corrected chi connectivity index (χ0v) is 17.4. The van der Waals surface area contributed by atoms with Gasteiger partial charge in [0.15, 0.2) is 0 Å². The fraction of sp³-hybridized carbons (Fsp3) is 0.632. The lowest BCUT2D eigenvalue weighted by Crippen LogP contribution is -2.43. The first-order chi connectivity index (χ1) is 11.9. The molecule has 0 saturated carbocycles. The highest BCUT2D eigenvalue weighted by molar-refractivity contribution is 8.00. The molecule has 4 nitrogen and oxygen atoms in total. The van der Waals surface area contributed by atoms with Gasteiger partial charge in [0.05, 0.1) is 5.75 Å². The van der Waals surface area contributed by atoms with Gasteiger partial charge in [-0.3, -0.25) is 4.79 Å². The second-order valence-electron chi connectivity index (χ2n) is 7.24. The van der Waals surface area contributed by atoms with Crippen LogP contribution in [0.25, 0.3) is 10.2 Å². The Balaban J connectivity index is 1.88. The molecule has 6 heteroatoms. The molecular formula is C19H27N3OS2. The van der Waals surface area contributed by atoms with Crippen LogP contribution in [0.2, 0.25) is 0 Å². The van der Waals surface area contributed by atoms with Crippen molar-refractivity contribution in [1.29, 1.82) is 0 Å². The van der Waals surface area contributed by atoms with Crippen LogP contribution in [-0.4, -0.2) is 38.6 Å². The smallest absolute Gasteiger partial charge is 0.233 e. The van der Waals surface area contributed by atoms with Gasteiger partial charge >= 0.3 is 0 Å². The number of rotatable bonds is 5. The van der Waals surface area contributed by atoms with Crippen LogP contribution >= 0.6 is 23.1 Å². The molecule has 0 saturated heterocycles. The van der Waals surface area contributed by atoms with E-state index in [0.717, 1.165) is 28.5 Å². The molecule has 0 radical (unpaired) electrons. The van der Waals surface area contributed by atoms with Crippen LogP contribution < -0.4 is 0 Å². The Bertz CT molecular complexity index is 775. The van der Waals surface area contributed by atoms with Gasteiger partial charge < -0.3 is 4.90 Å². The van der Waals surface area contributed by atoms with Crippen molar-refractivity contribution in [2.75, 3.05) is 5.75 Å². The van der Waals surface area contributed by atoms with E-state index in [2.05, 4.69) is 32.7 Å². The summed E-state index contributed by atoms with van der Waals surface area (Å²) in [4.78, 5) is 26.6. The van der Waals surface area contributed by atoms with Gasteiger partial charge in [-0.15, -0.1) is 11.3 Å². The molecule has 1 aliphatic rings. The summed E-state index contributed by atoms with van der Waals surface area (Å²) in [7, 11) is 0. The maximum atomic E-state index is 12.7. The Morgan fingerprint density at radius 1 is 1.16 bits per heavy atom. The zero-order chi connectivity index (χ0) is 18.1. The molecule has 0 aliphatic heterocycles. The minimum Gasteiger partial charge on any atom is -0.337 e. The first-order valence-corrected chi connectivity index (χ1v) is 10.9. The molecule has 0 fully saturated rings. The van der Waals surface area contributed by atoms with Crippen LogP contribution in [0.15, 0.2) is 5.03 Å². The first kappa shape index (κ1) is 18.6. The lowest BCUT2D eigenvalue weighted by molar-refractivity contribution is -0.131. The summed E-state index contributed by atoms with van der Waals surface area (Å²) in [6, 6.07) is 0.434. The Labute approximate surface area is 158 Å². The van der Waals surface area contributed by atoms with Crippen LogP contribution in [0.5, 0.6) is 0 Å². The number of thiophene rings is 1. The molecule has 0 atom stereocenters. The number of hydrogen-bond donors (Lipinski definition) is 0. The van der Waals surface area contributed by atoms with E-state index in [1.165, 1.54) is 28.7 Å². The van der Waals surface area contributed by atoms with Crippen LogP contribution in [0.1, 0.15) is 56.8 Å². The summed E-state index contributed by atoms with van der Waals surface area (Å²) in [5.74, 6) is 1.42. The van der Waals surface area contributed by atoms with Crippen molar-refractivity contribution in [2.45, 2.75) is 77.4 Å².